The summed E-state index contributed by atoms with van der Waals surface area (Å²) in [5, 5.41) is 5.24. The van der Waals surface area contributed by atoms with Gasteiger partial charge in [0.25, 0.3) is 0 Å². The van der Waals surface area contributed by atoms with Gasteiger partial charge in [0.2, 0.25) is 0 Å². The largest absolute Gasteiger partial charge is 0.473 e. The number of esters is 1. The summed E-state index contributed by atoms with van der Waals surface area (Å²) in [6.45, 7) is 5.95. The summed E-state index contributed by atoms with van der Waals surface area (Å²) in [7, 11) is 1.29. The number of para-hydroxylation sites is 1. The summed E-state index contributed by atoms with van der Waals surface area (Å²) >= 11 is 0. The Bertz CT molecular complexity index is 787. The van der Waals surface area contributed by atoms with Gasteiger partial charge in [-0.25, -0.2) is 9.59 Å². The van der Waals surface area contributed by atoms with Crippen molar-refractivity contribution in [3.8, 4) is 5.75 Å². The van der Waals surface area contributed by atoms with Crippen molar-refractivity contribution in [2.24, 2.45) is 0 Å². The number of hydrogen-bond donors (Lipinski definition) is 2. The molecule has 0 spiro atoms. The molecule has 0 aliphatic rings. The van der Waals surface area contributed by atoms with Crippen LogP contribution in [0.5, 0.6) is 5.75 Å². The standard InChI is InChI=1S/C19H22N2O4/c1-12-9-10-13(2)17(14(12)3)25-11-20-19(23)21-16-8-6-5-7-15(16)18(22)24-4/h5-10H,11H2,1-4H3,(H2,20,21,23). The lowest BCUT2D eigenvalue weighted by Gasteiger charge is -2.15. The molecule has 0 unspecified atom stereocenters. The van der Waals surface area contributed by atoms with E-state index in [4.69, 9.17) is 9.47 Å². The third kappa shape index (κ3) is 4.50. The van der Waals surface area contributed by atoms with Crippen molar-refractivity contribution in [1.29, 1.82) is 0 Å². The highest BCUT2D eigenvalue weighted by atomic mass is 16.5. The summed E-state index contributed by atoms with van der Waals surface area (Å²) in [6, 6.07) is 10.2. The number of amides is 2. The number of aryl methyl sites for hydroxylation is 2. The van der Waals surface area contributed by atoms with Crippen LogP contribution in [-0.4, -0.2) is 25.8 Å². The number of methoxy groups -OCH3 is 1. The Morgan fingerprint density at radius 3 is 2.40 bits per heavy atom. The fourth-order valence-corrected chi connectivity index (χ4v) is 2.37. The molecule has 0 saturated carbocycles. The molecule has 0 heterocycles. The molecule has 0 fully saturated rings. The number of anilines is 1. The Labute approximate surface area is 147 Å². The zero-order valence-electron chi connectivity index (χ0n) is 14.8. The molecule has 0 aliphatic heterocycles. The summed E-state index contributed by atoms with van der Waals surface area (Å²) in [6.07, 6.45) is 0. The van der Waals surface area contributed by atoms with E-state index in [2.05, 4.69) is 10.6 Å². The predicted octanol–water partition coefficient (Wildman–Crippen LogP) is 3.56. The molecule has 0 bridgehead atoms. The fourth-order valence-electron chi connectivity index (χ4n) is 2.37. The zero-order valence-corrected chi connectivity index (χ0v) is 14.8. The number of carbonyl (C=O) groups is 2. The number of nitrogens with one attached hydrogen (secondary N) is 2. The molecule has 0 radical (unpaired) electrons. The Balaban J connectivity index is 1.97. The molecule has 6 heteroatoms. The monoisotopic (exact) mass is 342 g/mol. The minimum atomic E-state index is -0.516. The van der Waals surface area contributed by atoms with Gasteiger partial charge in [-0.15, -0.1) is 0 Å². The van der Waals surface area contributed by atoms with Crippen molar-refractivity contribution in [3.05, 3.63) is 58.7 Å². The molecule has 2 rings (SSSR count). The third-order valence-corrected chi connectivity index (χ3v) is 3.90. The molecule has 2 N–H and O–H groups in total. The quantitative estimate of drug-likeness (QED) is 0.643. The predicted molar refractivity (Wildman–Crippen MR) is 96.1 cm³/mol. The van der Waals surface area contributed by atoms with Gasteiger partial charge in [-0.2, -0.15) is 0 Å². The van der Waals surface area contributed by atoms with E-state index < -0.39 is 12.0 Å². The molecule has 2 aromatic rings. The summed E-state index contributed by atoms with van der Waals surface area (Å²) < 4.78 is 10.4. The summed E-state index contributed by atoms with van der Waals surface area (Å²) in [4.78, 5) is 23.8. The van der Waals surface area contributed by atoms with E-state index in [1.807, 2.05) is 32.9 Å². The van der Waals surface area contributed by atoms with Crippen LogP contribution in [-0.2, 0) is 4.74 Å². The number of carbonyl (C=O) groups excluding carboxylic acids is 2. The maximum Gasteiger partial charge on any atom is 0.339 e. The first-order chi connectivity index (χ1) is 11.9. The third-order valence-electron chi connectivity index (χ3n) is 3.90. The Morgan fingerprint density at radius 1 is 1.00 bits per heavy atom. The highest BCUT2D eigenvalue weighted by Crippen LogP contribution is 2.25. The average Bonchev–Trinajstić information content (AvgIpc) is 2.61. The summed E-state index contributed by atoms with van der Waals surface area (Å²) in [5.41, 5.74) is 3.82. The molecule has 0 aliphatic carbocycles. The molecule has 6 nitrogen and oxygen atoms in total. The average molecular weight is 342 g/mol. The van der Waals surface area contributed by atoms with Crippen LogP contribution in [0.2, 0.25) is 0 Å². The first-order valence-corrected chi connectivity index (χ1v) is 7.86. The first-order valence-electron chi connectivity index (χ1n) is 7.86. The van der Waals surface area contributed by atoms with Crippen LogP contribution < -0.4 is 15.4 Å². The van der Waals surface area contributed by atoms with Gasteiger partial charge in [0.1, 0.15) is 5.75 Å². The van der Waals surface area contributed by atoms with Gasteiger partial charge in [0.15, 0.2) is 6.73 Å². The number of benzene rings is 2. The van der Waals surface area contributed by atoms with Gasteiger partial charge in [-0.3, -0.25) is 0 Å². The highest BCUT2D eigenvalue weighted by molar-refractivity contribution is 6.00. The van der Waals surface area contributed by atoms with Gasteiger partial charge in [-0.05, 0) is 49.6 Å². The minimum absolute atomic E-state index is 0.0113. The van der Waals surface area contributed by atoms with Gasteiger partial charge in [-0.1, -0.05) is 24.3 Å². The number of hydrogen-bond acceptors (Lipinski definition) is 4. The zero-order chi connectivity index (χ0) is 18.4. The maximum atomic E-state index is 12.0. The smallest absolute Gasteiger partial charge is 0.339 e. The molecule has 2 aromatic carbocycles. The topological polar surface area (TPSA) is 76.7 Å². The van der Waals surface area contributed by atoms with Gasteiger partial charge in [0.05, 0.1) is 18.4 Å². The van der Waals surface area contributed by atoms with Crippen molar-refractivity contribution in [1.82, 2.24) is 5.32 Å². The van der Waals surface area contributed by atoms with Crippen molar-refractivity contribution < 1.29 is 19.1 Å². The lowest BCUT2D eigenvalue weighted by Crippen LogP contribution is -2.32. The van der Waals surface area contributed by atoms with Gasteiger partial charge < -0.3 is 20.1 Å². The number of ether oxygens (including phenoxy) is 2. The Hall–Kier alpha value is -3.02. The second-order valence-electron chi connectivity index (χ2n) is 5.61. The fraction of sp³-hybridized carbons (Fsp3) is 0.263. The van der Waals surface area contributed by atoms with E-state index in [9.17, 15) is 9.59 Å². The van der Waals surface area contributed by atoms with Crippen molar-refractivity contribution >= 4 is 17.7 Å². The molecule has 2 amide bonds. The lowest BCUT2D eigenvalue weighted by atomic mass is 10.1. The van der Waals surface area contributed by atoms with E-state index >= 15 is 0 Å². The van der Waals surface area contributed by atoms with Crippen LogP contribution in [0.15, 0.2) is 36.4 Å². The highest BCUT2D eigenvalue weighted by Gasteiger charge is 2.13. The van der Waals surface area contributed by atoms with Crippen LogP contribution in [0.25, 0.3) is 0 Å². The van der Waals surface area contributed by atoms with Crippen LogP contribution in [0, 0.1) is 20.8 Å². The van der Waals surface area contributed by atoms with Gasteiger partial charge in [0, 0.05) is 0 Å². The molecule has 0 saturated heterocycles. The van der Waals surface area contributed by atoms with Crippen molar-refractivity contribution in [2.45, 2.75) is 20.8 Å². The number of urea groups is 1. The van der Waals surface area contributed by atoms with Crippen LogP contribution in [0.1, 0.15) is 27.0 Å². The minimum Gasteiger partial charge on any atom is -0.473 e. The molecule has 25 heavy (non-hydrogen) atoms. The Kier molecular flexibility index (Phi) is 6.00. The SMILES string of the molecule is COC(=O)c1ccccc1NC(=O)NCOc1c(C)ccc(C)c1C. The molecular weight excluding hydrogens is 320 g/mol. The van der Waals surface area contributed by atoms with E-state index in [1.165, 1.54) is 7.11 Å². The number of rotatable bonds is 5. The second kappa shape index (κ2) is 8.19. The maximum absolute atomic E-state index is 12.0. The van der Waals surface area contributed by atoms with Crippen LogP contribution in [0.4, 0.5) is 10.5 Å². The summed E-state index contributed by atoms with van der Waals surface area (Å²) in [5.74, 6) is 0.244. The second-order valence-corrected chi connectivity index (χ2v) is 5.61. The van der Waals surface area contributed by atoms with E-state index in [-0.39, 0.29) is 12.3 Å². The van der Waals surface area contributed by atoms with E-state index in [0.29, 0.717) is 5.69 Å². The molecular formula is C19H22N2O4. The van der Waals surface area contributed by atoms with Crippen molar-refractivity contribution in [3.63, 3.8) is 0 Å². The van der Waals surface area contributed by atoms with E-state index in [0.717, 1.165) is 22.4 Å². The van der Waals surface area contributed by atoms with Crippen molar-refractivity contribution in [2.75, 3.05) is 19.2 Å². The molecule has 132 valence electrons. The molecule has 0 atom stereocenters. The van der Waals surface area contributed by atoms with Gasteiger partial charge >= 0.3 is 12.0 Å². The van der Waals surface area contributed by atoms with Crippen LogP contribution in [0.3, 0.4) is 0 Å². The Morgan fingerprint density at radius 2 is 1.68 bits per heavy atom. The normalized spacial score (nSPS) is 10.1. The van der Waals surface area contributed by atoms with E-state index in [1.54, 1.807) is 24.3 Å². The lowest BCUT2D eigenvalue weighted by molar-refractivity contribution is 0.0602. The molecule has 0 aromatic heterocycles. The first kappa shape index (κ1) is 18.3. The van der Waals surface area contributed by atoms with Crippen LogP contribution >= 0.6 is 0 Å².